The summed E-state index contributed by atoms with van der Waals surface area (Å²) in [6.45, 7) is 10.6. The van der Waals surface area contributed by atoms with Crippen LogP contribution in [0.3, 0.4) is 0 Å². The summed E-state index contributed by atoms with van der Waals surface area (Å²) < 4.78 is 5.35. The molecule has 1 aliphatic heterocycles. The van der Waals surface area contributed by atoms with Crippen molar-refractivity contribution < 1.29 is 14.6 Å². The van der Waals surface area contributed by atoms with Crippen molar-refractivity contribution in [1.82, 2.24) is 4.90 Å². The minimum absolute atomic E-state index is 0.103. The Balaban J connectivity index is 1.99. The molecule has 0 aromatic carbocycles. The van der Waals surface area contributed by atoms with E-state index in [2.05, 4.69) is 13.8 Å². The molecule has 1 aliphatic carbocycles. The Bertz CT molecular complexity index is 422. The molecule has 3 N–H and O–H groups in total. The normalized spacial score (nSPS) is 31.5. The van der Waals surface area contributed by atoms with E-state index in [4.69, 9.17) is 10.5 Å². The van der Waals surface area contributed by atoms with Crippen LogP contribution < -0.4 is 5.73 Å². The molecule has 1 heterocycles. The molecule has 0 bridgehead atoms. The molecule has 0 spiro atoms. The number of nitrogens with zero attached hydrogens (tertiary/aromatic N) is 1. The third-order valence-corrected chi connectivity index (χ3v) is 4.74. The fourth-order valence-electron chi connectivity index (χ4n) is 3.64. The van der Waals surface area contributed by atoms with Crippen LogP contribution >= 0.6 is 0 Å². The minimum Gasteiger partial charge on any atom is -0.444 e. The van der Waals surface area contributed by atoms with Gasteiger partial charge in [0.1, 0.15) is 5.60 Å². The first-order chi connectivity index (χ1) is 9.36. The molecule has 2 aliphatic rings. The van der Waals surface area contributed by atoms with Crippen LogP contribution in [0.1, 0.15) is 60.3 Å². The molecule has 5 nitrogen and oxygen atoms in total. The number of amides is 1. The van der Waals surface area contributed by atoms with Crippen molar-refractivity contribution in [2.45, 2.75) is 77.0 Å². The zero-order chi connectivity index (χ0) is 16.1. The van der Waals surface area contributed by atoms with E-state index < -0.39 is 16.7 Å². The topological polar surface area (TPSA) is 75.8 Å². The summed E-state index contributed by atoms with van der Waals surface area (Å²) in [5, 5.41) is 11.0. The first kappa shape index (κ1) is 16.6. The van der Waals surface area contributed by atoms with Crippen LogP contribution in [0, 0.1) is 5.41 Å². The Labute approximate surface area is 127 Å². The quantitative estimate of drug-likeness (QED) is 0.778. The lowest BCUT2D eigenvalue weighted by atomic mass is 9.60. The Morgan fingerprint density at radius 1 is 1.24 bits per heavy atom. The van der Waals surface area contributed by atoms with Gasteiger partial charge in [0.2, 0.25) is 0 Å². The third kappa shape index (κ3) is 3.34. The molecule has 1 atom stereocenters. The van der Waals surface area contributed by atoms with E-state index in [0.717, 1.165) is 19.3 Å². The monoisotopic (exact) mass is 298 g/mol. The number of hydrogen-bond acceptors (Lipinski definition) is 4. The van der Waals surface area contributed by atoms with Crippen molar-refractivity contribution in [1.29, 1.82) is 0 Å². The van der Waals surface area contributed by atoms with Crippen molar-refractivity contribution in [3.63, 3.8) is 0 Å². The van der Waals surface area contributed by atoms with Crippen molar-refractivity contribution in [2.75, 3.05) is 13.1 Å². The van der Waals surface area contributed by atoms with Crippen molar-refractivity contribution in [3.05, 3.63) is 0 Å². The minimum atomic E-state index is -0.882. The summed E-state index contributed by atoms with van der Waals surface area (Å²) in [7, 11) is 0. The average Bonchev–Trinajstić information content (AvgIpc) is 2.19. The highest BCUT2D eigenvalue weighted by Crippen LogP contribution is 2.47. The van der Waals surface area contributed by atoms with Gasteiger partial charge in [0.05, 0.1) is 11.1 Å². The molecule has 1 saturated carbocycles. The maximum atomic E-state index is 12.0. The van der Waals surface area contributed by atoms with E-state index in [-0.39, 0.29) is 11.5 Å². The molecule has 1 saturated heterocycles. The fraction of sp³-hybridized carbons (Fsp3) is 0.938. The summed E-state index contributed by atoms with van der Waals surface area (Å²) >= 11 is 0. The van der Waals surface area contributed by atoms with Gasteiger partial charge in [0, 0.05) is 13.1 Å². The van der Waals surface area contributed by atoms with Crippen molar-refractivity contribution in [3.8, 4) is 0 Å². The SMILES string of the molecule is CC1(C)CCCC(O)(C2(N)CN(C(=O)OC(C)(C)C)C2)C1. The van der Waals surface area contributed by atoms with Gasteiger partial charge in [-0.25, -0.2) is 4.79 Å². The highest BCUT2D eigenvalue weighted by molar-refractivity contribution is 5.70. The molecule has 0 radical (unpaired) electrons. The highest BCUT2D eigenvalue weighted by atomic mass is 16.6. The van der Waals surface area contributed by atoms with E-state index >= 15 is 0 Å². The van der Waals surface area contributed by atoms with Crippen LogP contribution in [0.2, 0.25) is 0 Å². The largest absolute Gasteiger partial charge is 0.444 e. The van der Waals surface area contributed by atoms with E-state index in [1.54, 1.807) is 4.90 Å². The van der Waals surface area contributed by atoms with Gasteiger partial charge in [-0.1, -0.05) is 13.8 Å². The molecule has 21 heavy (non-hydrogen) atoms. The third-order valence-electron chi connectivity index (χ3n) is 4.74. The maximum Gasteiger partial charge on any atom is 0.410 e. The van der Waals surface area contributed by atoms with E-state index in [0.29, 0.717) is 19.5 Å². The number of nitrogens with two attached hydrogens (primary N) is 1. The van der Waals surface area contributed by atoms with Gasteiger partial charge >= 0.3 is 6.09 Å². The zero-order valence-corrected chi connectivity index (χ0v) is 14.0. The Kier molecular flexibility index (Phi) is 3.82. The molecule has 0 aromatic rings. The molecule has 1 amide bonds. The predicted octanol–water partition coefficient (Wildman–Crippen LogP) is 2.27. The van der Waals surface area contributed by atoms with Crippen molar-refractivity contribution >= 4 is 6.09 Å². The highest BCUT2D eigenvalue weighted by Gasteiger charge is 2.58. The lowest BCUT2D eigenvalue weighted by Gasteiger charge is -2.58. The van der Waals surface area contributed by atoms with Crippen LogP contribution in [0.15, 0.2) is 0 Å². The van der Waals surface area contributed by atoms with Crippen LogP contribution in [0.25, 0.3) is 0 Å². The number of carbonyl (C=O) groups excluding carboxylic acids is 1. The molecule has 5 heteroatoms. The first-order valence-corrected chi connectivity index (χ1v) is 7.85. The Hall–Kier alpha value is -0.810. The zero-order valence-electron chi connectivity index (χ0n) is 14.0. The summed E-state index contributed by atoms with van der Waals surface area (Å²) in [6.07, 6.45) is 3.16. The predicted molar refractivity (Wildman–Crippen MR) is 81.9 cm³/mol. The number of hydrogen-bond donors (Lipinski definition) is 2. The summed E-state index contributed by atoms with van der Waals surface area (Å²) in [5.74, 6) is 0. The number of likely N-dealkylation sites (tertiary alicyclic amines) is 1. The van der Waals surface area contributed by atoms with E-state index in [9.17, 15) is 9.90 Å². The molecule has 0 aromatic heterocycles. The molecular formula is C16H30N2O3. The number of rotatable bonds is 1. The first-order valence-electron chi connectivity index (χ1n) is 7.85. The molecule has 122 valence electrons. The van der Waals surface area contributed by atoms with Gasteiger partial charge in [-0.2, -0.15) is 0 Å². The molecule has 2 rings (SSSR count). The molecule has 2 fully saturated rings. The maximum absolute atomic E-state index is 12.0. The lowest BCUT2D eigenvalue weighted by molar-refractivity contribution is -0.141. The molecule has 1 unspecified atom stereocenters. The molecular weight excluding hydrogens is 268 g/mol. The van der Waals surface area contributed by atoms with Crippen molar-refractivity contribution in [2.24, 2.45) is 11.1 Å². The number of aliphatic hydroxyl groups is 1. The Morgan fingerprint density at radius 2 is 1.81 bits per heavy atom. The van der Waals surface area contributed by atoms with Gasteiger partial charge in [0.25, 0.3) is 0 Å². The second-order valence-corrected chi connectivity index (χ2v) is 8.72. The lowest BCUT2D eigenvalue weighted by Crippen LogP contribution is -2.79. The number of ether oxygens (including phenoxy) is 1. The summed E-state index contributed by atoms with van der Waals surface area (Å²) in [5.41, 5.74) is 4.43. The second kappa shape index (κ2) is 4.85. The van der Waals surface area contributed by atoms with Crippen LogP contribution in [-0.4, -0.2) is 45.9 Å². The Morgan fingerprint density at radius 3 is 2.29 bits per heavy atom. The van der Waals surface area contributed by atoms with Gasteiger partial charge in [-0.15, -0.1) is 0 Å². The smallest absolute Gasteiger partial charge is 0.410 e. The van der Waals surface area contributed by atoms with Gasteiger partial charge in [-0.05, 0) is 51.9 Å². The van der Waals surface area contributed by atoms with Gasteiger partial charge in [-0.3, -0.25) is 0 Å². The summed E-state index contributed by atoms with van der Waals surface area (Å²) in [4.78, 5) is 13.6. The van der Waals surface area contributed by atoms with E-state index in [1.165, 1.54) is 0 Å². The van der Waals surface area contributed by atoms with E-state index in [1.807, 2.05) is 20.8 Å². The van der Waals surface area contributed by atoms with Gasteiger partial charge in [0.15, 0.2) is 0 Å². The fourth-order valence-corrected chi connectivity index (χ4v) is 3.64. The second-order valence-electron chi connectivity index (χ2n) is 8.72. The van der Waals surface area contributed by atoms with Crippen LogP contribution in [0.4, 0.5) is 4.79 Å². The summed E-state index contributed by atoms with van der Waals surface area (Å²) in [6, 6.07) is 0. The van der Waals surface area contributed by atoms with Crippen LogP contribution in [0.5, 0.6) is 0 Å². The standard InChI is InChI=1S/C16H30N2O3/c1-13(2,3)21-12(19)18-10-15(17,11-18)16(20)8-6-7-14(4,5)9-16/h20H,6-11,17H2,1-5H3. The van der Waals surface area contributed by atoms with Gasteiger partial charge < -0.3 is 20.5 Å². The van der Waals surface area contributed by atoms with Crippen LogP contribution in [-0.2, 0) is 4.74 Å². The average molecular weight is 298 g/mol. The number of carbonyl (C=O) groups is 1.